The lowest BCUT2D eigenvalue weighted by Gasteiger charge is -2.07. The van der Waals surface area contributed by atoms with Gasteiger partial charge in [-0.3, -0.25) is 9.59 Å². The van der Waals surface area contributed by atoms with Gasteiger partial charge < -0.3 is 9.47 Å². The number of benzene rings is 2. The number of rotatable bonds is 6. The van der Waals surface area contributed by atoms with E-state index in [9.17, 15) is 9.59 Å². The van der Waals surface area contributed by atoms with E-state index in [2.05, 4.69) is 4.74 Å². The van der Waals surface area contributed by atoms with E-state index >= 15 is 0 Å². The topological polar surface area (TPSA) is 52.6 Å². The molecule has 2 aromatic carbocycles. The van der Waals surface area contributed by atoms with Crippen molar-refractivity contribution in [1.29, 1.82) is 0 Å². The van der Waals surface area contributed by atoms with Crippen molar-refractivity contribution in [2.24, 2.45) is 0 Å². The van der Waals surface area contributed by atoms with Crippen LogP contribution in [0.4, 0.5) is 0 Å². The van der Waals surface area contributed by atoms with Crippen molar-refractivity contribution in [3.63, 3.8) is 0 Å². The summed E-state index contributed by atoms with van der Waals surface area (Å²) >= 11 is 0. The highest BCUT2D eigenvalue weighted by Crippen LogP contribution is 2.25. The van der Waals surface area contributed by atoms with Crippen molar-refractivity contribution in [3.05, 3.63) is 42.5 Å². The Morgan fingerprint density at radius 3 is 2.33 bits per heavy atom. The fourth-order valence-corrected chi connectivity index (χ4v) is 2.10. The Hall–Kier alpha value is -2.36. The molecule has 4 nitrogen and oxygen atoms in total. The molecule has 2 rings (SSSR count). The predicted octanol–water partition coefficient (Wildman–Crippen LogP) is 3.48. The fraction of sp³-hybridized carbons (Fsp3) is 0.294. The lowest BCUT2D eigenvalue weighted by molar-refractivity contribution is -0.141. The van der Waals surface area contributed by atoms with Gasteiger partial charge in [0.2, 0.25) is 0 Å². The molecular weight excluding hydrogens is 268 g/mol. The fourth-order valence-electron chi connectivity index (χ4n) is 2.10. The molecular formula is C17H18O4. The van der Waals surface area contributed by atoms with Gasteiger partial charge in [0.05, 0.1) is 7.11 Å². The number of fused-ring (bicyclic) bond motifs is 1. The van der Waals surface area contributed by atoms with Gasteiger partial charge in [0, 0.05) is 18.2 Å². The molecule has 0 aliphatic rings. The van der Waals surface area contributed by atoms with Crippen molar-refractivity contribution >= 4 is 22.7 Å². The van der Waals surface area contributed by atoms with Crippen LogP contribution in [0.1, 0.15) is 25.7 Å². The minimum absolute atomic E-state index is 0.252. The molecule has 0 atom stereocenters. The number of ether oxygens (including phenoxy) is 2. The van der Waals surface area contributed by atoms with Gasteiger partial charge in [0.1, 0.15) is 5.75 Å². The average molecular weight is 286 g/mol. The zero-order chi connectivity index (χ0) is 15.1. The van der Waals surface area contributed by atoms with E-state index in [4.69, 9.17) is 4.74 Å². The van der Waals surface area contributed by atoms with Crippen molar-refractivity contribution in [2.75, 3.05) is 7.11 Å². The summed E-state index contributed by atoms with van der Waals surface area (Å²) in [4.78, 5) is 22.8. The molecule has 0 N–H and O–H groups in total. The zero-order valence-electron chi connectivity index (χ0n) is 12.0. The molecule has 0 amide bonds. The second-order valence-corrected chi connectivity index (χ2v) is 4.73. The van der Waals surface area contributed by atoms with Crippen LogP contribution in [0.15, 0.2) is 42.5 Å². The van der Waals surface area contributed by atoms with E-state index in [-0.39, 0.29) is 11.9 Å². The molecule has 0 unspecified atom stereocenters. The summed E-state index contributed by atoms with van der Waals surface area (Å²) in [7, 11) is 1.36. The maximum atomic E-state index is 11.8. The molecule has 0 heterocycles. The molecule has 0 radical (unpaired) electrons. The first-order valence-electron chi connectivity index (χ1n) is 6.96. The van der Waals surface area contributed by atoms with Crippen LogP contribution < -0.4 is 4.74 Å². The van der Waals surface area contributed by atoms with Crippen LogP contribution in [-0.4, -0.2) is 19.0 Å². The number of carbonyl (C=O) groups excluding carboxylic acids is 2. The Morgan fingerprint density at radius 2 is 1.57 bits per heavy atom. The minimum Gasteiger partial charge on any atom is -0.469 e. The number of unbranched alkanes of at least 4 members (excludes halogenated alkanes) is 1. The third-order valence-corrected chi connectivity index (χ3v) is 3.21. The molecule has 0 fully saturated rings. The Balaban J connectivity index is 1.88. The molecule has 21 heavy (non-hydrogen) atoms. The summed E-state index contributed by atoms with van der Waals surface area (Å²) in [5.74, 6) is 0.0414. The van der Waals surface area contributed by atoms with Gasteiger partial charge in [-0.1, -0.05) is 36.4 Å². The number of hydrogen-bond acceptors (Lipinski definition) is 4. The number of hydrogen-bond donors (Lipinski definition) is 0. The largest absolute Gasteiger partial charge is 0.469 e. The monoisotopic (exact) mass is 286 g/mol. The molecule has 0 aliphatic carbocycles. The van der Waals surface area contributed by atoms with Crippen molar-refractivity contribution in [3.8, 4) is 5.75 Å². The van der Waals surface area contributed by atoms with Crippen LogP contribution in [0.2, 0.25) is 0 Å². The molecule has 0 spiro atoms. The third-order valence-electron chi connectivity index (χ3n) is 3.21. The number of methoxy groups -OCH3 is 1. The molecule has 0 saturated carbocycles. The summed E-state index contributed by atoms with van der Waals surface area (Å²) in [5, 5.41) is 1.96. The standard InChI is InChI=1S/C17H18O4/c1-20-16(18)11-4-5-12-17(19)21-15-10-6-8-13-7-2-3-9-14(13)15/h2-3,6-10H,4-5,11-12H2,1H3. The number of esters is 2. The molecule has 2 aromatic rings. The lowest BCUT2D eigenvalue weighted by atomic mass is 10.1. The summed E-state index contributed by atoms with van der Waals surface area (Å²) in [6.45, 7) is 0. The van der Waals surface area contributed by atoms with Gasteiger partial charge in [0.15, 0.2) is 0 Å². The smallest absolute Gasteiger partial charge is 0.311 e. The van der Waals surface area contributed by atoms with Gasteiger partial charge in [-0.15, -0.1) is 0 Å². The van der Waals surface area contributed by atoms with E-state index in [1.807, 2.05) is 36.4 Å². The minimum atomic E-state index is -0.281. The Labute approximate surface area is 123 Å². The first-order chi connectivity index (χ1) is 10.2. The van der Waals surface area contributed by atoms with Crippen molar-refractivity contribution < 1.29 is 19.1 Å². The van der Waals surface area contributed by atoms with E-state index in [0.717, 1.165) is 10.8 Å². The van der Waals surface area contributed by atoms with Crippen LogP contribution in [0.25, 0.3) is 10.8 Å². The van der Waals surface area contributed by atoms with Crippen LogP contribution >= 0.6 is 0 Å². The molecule has 0 bridgehead atoms. The third kappa shape index (κ3) is 4.31. The normalized spacial score (nSPS) is 10.3. The first-order valence-corrected chi connectivity index (χ1v) is 6.96. The first kappa shape index (κ1) is 15.0. The highest BCUT2D eigenvalue weighted by molar-refractivity contribution is 5.90. The van der Waals surface area contributed by atoms with Crippen molar-refractivity contribution in [1.82, 2.24) is 0 Å². The average Bonchev–Trinajstić information content (AvgIpc) is 2.51. The van der Waals surface area contributed by atoms with E-state index in [0.29, 0.717) is 31.4 Å². The molecule has 0 aliphatic heterocycles. The Morgan fingerprint density at radius 1 is 0.905 bits per heavy atom. The summed E-state index contributed by atoms with van der Waals surface area (Å²) in [6.07, 6.45) is 1.86. The Kier molecular flexibility index (Phi) is 5.32. The van der Waals surface area contributed by atoms with Gasteiger partial charge in [0.25, 0.3) is 0 Å². The quantitative estimate of drug-likeness (QED) is 0.463. The summed E-state index contributed by atoms with van der Waals surface area (Å²) < 4.78 is 9.95. The number of carbonyl (C=O) groups is 2. The zero-order valence-corrected chi connectivity index (χ0v) is 12.0. The predicted molar refractivity (Wildman–Crippen MR) is 80.1 cm³/mol. The van der Waals surface area contributed by atoms with Gasteiger partial charge in [-0.25, -0.2) is 0 Å². The summed E-state index contributed by atoms with van der Waals surface area (Å²) in [6, 6.07) is 13.4. The van der Waals surface area contributed by atoms with Gasteiger partial charge in [-0.05, 0) is 24.3 Å². The van der Waals surface area contributed by atoms with Gasteiger partial charge in [-0.2, -0.15) is 0 Å². The molecule has 0 aromatic heterocycles. The highest BCUT2D eigenvalue weighted by Gasteiger charge is 2.08. The van der Waals surface area contributed by atoms with E-state index in [1.54, 1.807) is 6.07 Å². The Bertz CT molecular complexity index is 628. The van der Waals surface area contributed by atoms with Crippen molar-refractivity contribution in [2.45, 2.75) is 25.7 Å². The highest BCUT2D eigenvalue weighted by atomic mass is 16.5. The van der Waals surface area contributed by atoms with Crippen LogP contribution in [-0.2, 0) is 14.3 Å². The lowest BCUT2D eigenvalue weighted by Crippen LogP contribution is -2.08. The van der Waals surface area contributed by atoms with E-state index < -0.39 is 0 Å². The maximum Gasteiger partial charge on any atom is 0.311 e. The van der Waals surface area contributed by atoms with E-state index in [1.165, 1.54) is 7.11 Å². The second kappa shape index (κ2) is 7.43. The SMILES string of the molecule is COC(=O)CCCCC(=O)Oc1cccc2ccccc12. The van der Waals surface area contributed by atoms with Crippen LogP contribution in [0.3, 0.4) is 0 Å². The van der Waals surface area contributed by atoms with Crippen LogP contribution in [0, 0.1) is 0 Å². The maximum absolute atomic E-state index is 11.8. The second-order valence-electron chi connectivity index (χ2n) is 4.73. The van der Waals surface area contributed by atoms with Gasteiger partial charge >= 0.3 is 11.9 Å². The molecule has 0 saturated heterocycles. The van der Waals surface area contributed by atoms with Crippen LogP contribution in [0.5, 0.6) is 5.75 Å². The molecule has 110 valence electrons. The molecule has 4 heteroatoms. The summed E-state index contributed by atoms with van der Waals surface area (Å²) in [5.41, 5.74) is 0.